The number of amides is 1. The van der Waals surface area contributed by atoms with Crippen LogP contribution in [0.3, 0.4) is 0 Å². The molecule has 1 amide bonds. The van der Waals surface area contributed by atoms with E-state index in [1.54, 1.807) is 11.8 Å². The van der Waals surface area contributed by atoms with Crippen LogP contribution in [-0.2, 0) is 22.4 Å². The Balaban J connectivity index is 1.50. The van der Waals surface area contributed by atoms with E-state index in [1.807, 2.05) is 29.2 Å². The highest BCUT2D eigenvalue weighted by molar-refractivity contribution is 7.98. The molecular formula is C28H34N4O2S. The highest BCUT2D eigenvalue weighted by Gasteiger charge is 2.21. The SMILES string of the molecule is CN(Cc1ccccc1)c1cc(C(C)(C)C)nc(SCc2cccc(C(=O)N3CCOCC3)c2)n1. The molecule has 2 aromatic carbocycles. The van der Waals surface area contributed by atoms with Crippen molar-refractivity contribution in [1.29, 1.82) is 0 Å². The molecule has 4 rings (SSSR count). The maximum atomic E-state index is 12.9. The summed E-state index contributed by atoms with van der Waals surface area (Å²) in [6.45, 7) is 9.78. The van der Waals surface area contributed by atoms with Gasteiger partial charge in [0.2, 0.25) is 0 Å². The first kappa shape index (κ1) is 25.2. The maximum absolute atomic E-state index is 12.9. The van der Waals surface area contributed by atoms with Crippen molar-refractivity contribution in [2.45, 2.75) is 43.6 Å². The lowest BCUT2D eigenvalue weighted by atomic mass is 9.92. The van der Waals surface area contributed by atoms with Crippen LogP contribution >= 0.6 is 11.8 Å². The summed E-state index contributed by atoms with van der Waals surface area (Å²) in [5.41, 5.74) is 3.96. The normalized spacial score (nSPS) is 14.1. The summed E-state index contributed by atoms with van der Waals surface area (Å²) < 4.78 is 5.38. The van der Waals surface area contributed by atoms with E-state index in [4.69, 9.17) is 14.7 Å². The number of aromatic nitrogens is 2. The lowest BCUT2D eigenvalue weighted by Crippen LogP contribution is -2.40. The Morgan fingerprint density at radius 1 is 1.00 bits per heavy atom. The number of hydrogen-bond acceptors (Lipinski definition) is 6. The quantitative estimate of drug-likeness (QED) is 0.336. The van der Waals surface area contributed by atoms with Crippen molar-refractivity contribution in [3.05, 3.63) is 83.0 Å². The van der Waals surface area contributed by atoms with Crippen LogP contribution in [-0.4, -0.2) is 54.1 Å². The highest BCUT2D eigenvalue weighted by atomic mass is 32.2. The summed E-state index contributed by atoms with van der Waals surface area (Å²) in [5.74, 6) is 1.67. The summed E-state index contributed by atoms with van der Waals surface area (Å²) in [7, 11) is 2.07. The van der Waals surface area contributed by atoms with E-state index in [-0.39, 0.29) is 11.3 Å². The predicted octanol–water partition coefficient (Wildman–Crippen LogP) is 5.18. The second-order valence-corrected chi connectivity index (χ2v) is 10.8. The molecule has 6 nitrogen and oxygen atoms in total. The highest BCUT2D eigenvalue weighted by Crippen LogP contribution is 2.29. The average molecular weight is 491 g/mol. The Labute approximate surface area is 212 Å². The number of benzene rings is 2. The zero-order valence-electron chi connectivity index (χ0n) is 21.0. The lowest BCUT2D eigenvalue weighted by molar-refractivity contribution is 0.0303. The largest absolute Gasteiger partial charge is 0.378 e. The Morgan fingerprint density at radius 3 is 2.43 bits per heavy atom. The third-order valence-electron chi connectivity index (χ3n) is 5.95. The molecule has 0 saturated carbocycles. The standard InChI is InChI=1S/C28H34N4O2S/c1-28(2,3)24-18-25(31(4)19-21-9-6-5-7-10-21)30-27(29-24)35-20-22-11-8-12-23(17-22)26(33)32-13-15-34-16-14-32/h5-12,17-18H,13-16,19-20H2,1-4H3. The Hall–Kier alpha value is -2.90. The van der Waals surface area contributed by atoms with Crippen LogP contribution in [0.1, 0.15) is 48.0 Å². The summed E-state index contributed by atoms with van der Waals surface area (Å²) in [6, 6.07) is 20.4. The first-order chi connectivity index (χ1) is 16.8. The molecule has 1 fully saturated rings. The van der Waals surface area contributed by atoms with E-state index in [1.165, 1.54) is 5.56 Å². The lowest BCUT2D eigenvalue weighted by Gasteiger charge is -2.27. The van der Waals surface area contributed by atoms with E-state index in [2.05, 4.69) is 69.1 Å². The fourth-order valence-corrected chi connectivity index (χ4v) is 4.68. The van der Waals surface area contributed by atoms with Gasteiger partial charge in [0.25, 0.3) is 5.91 Å². The van der Waals surface area contributed by atoms with Crippen molar-refractivity contribution < 1.29 is 9.53 Å². The molecule has 2 heterocycles. The third kappa shape index (κ3) is 6.83. The van der Waals surface area contributed by atoms with Gasteiger partial charge in [-0.3, -0.25) is 4.79 Å². The molecule has 0 bridgehead atoms. The van der Waals surface area contributed by atoms with Crippen molar-refractivity contribution in [1.82, 2.24) is 14.9 Å². The monoisotopic (exact) mass is 490 g/mol. The number of nitrogens with zero attached hydrogens (tertiary/aromatic N) is 4. The van der Waals surface area contributed by atoms with Gasteiger partial charge in [0, 0.05) is 49.5 Å². The molecule has 0 aliphatic carbocycles. The van der Waals surface area contributed by atoms with E-state index >= 15 is 0 Å². The number of anilines is 1. The summed E-state index contributed by atoms with van der Waals surface area (Å²) in [5, 5.41) is 0.747. The molecule has 0 unspecified atom stereocenters. The van der Waals surface area contributed by atoms with Gasteiger partial charge in [0.15, 0.2) is 5.16 Å². The van der Waals surface area contributed by atoms with Crippen molar-refractivity contribution >= 4 is 23.5 Å². The van der Waals surface area contributed by atoms with Gasteiger partial charge in [-0.2, -0.15) is 0 Å². The zero-order chi connectivity index (χ0) is 24.8. The van der Waals surface area contributed by atoms with E-state index in [0.29, 0.717) is 32.1 Å². The molecule has 1 aromatic heterocycles. The van der Waals surface area contributed by atoms with Crippen LogP contribution in [0.2, 0.25) is 0 Å². The Kier molecular flexibility index (Phi) is 8.08. The molecule has 1 aliphatic heterocycles. The first-order valence-electron chi connectivity index (χ1n) is 12.0. The minimum Gasteiger partial charge on any atom is -0.378 e. The second-order valence-electron chi connectivity index (χ2n) is 9.88. The minimum atomic E-state index is -0.0922. The molecule has 35 heavy (non-hydrogen) atoms. The molecule has 184 valence electrons. The van der Waals surface area contributed by atoms with E-state index < -0.39 is 0 Å². The number of rotatable bonds is 7. The smallest absolute Gasteiger partial charge is 0.254 e. The van der Waals surface area contributed by atoms with Gasteiger partial charge in [0.05, 0.1) is 18.9 Å². The van der Waals surface area contributed by atoms with Crippen LogP contribution in [0.25, 0.3) is 0 Å². The number of morpholine rings is 1. The van der Waals surface area contributed by atoms with Gasteiger partial charge in [-0.1, -0.05) is 75.0 Å². The van der Waals surface area contributed by atoms with Gasteiger partial charge < -0.3 is 14.5 Å². The molecular weight excluding hydrogens is 456 g/mol. The molecule has 0 spiro atoms. The van der Waals surface area contributed by atoms with Crippen LogP contribution < -0.4 is 4.90 Å². The average Bonchev–Trinajstić information content (AvgIpc) is 2.87. The number of hydrogen-bond donors (Lipinski definition) is 0. The molecule has 3 aromatic rings. The van der Waals surface area contributed by atoms with Gasteiger partial charge in [-0.15, -0.1) is 0 Å². The van der Waals surface area contributed by atoms with Crippen molar-refractivity contribution in [3.63, 3.8) is 0 Å². The minimum absolute atomic E-state index is 0.0657. The fourth-order valence-electron chi connectivity index (χ4n) is 3.89. The van der Waals surface area contributed by atoms with Crippen LogP contribution in [0.4, 0.5) is 5.82 Å². The summed E-state index contributed by atoms with van der Waals surface area (Å²) in [6.07, 6.45) is 0. The zero-order valence-corrected chi connectivity index (χ0v) is 21.8. The van der Waals surface area contributed by atoms with Gasteiger partial charge in [-0.25, -0.2) is 9.97 Å². The maximum Gasteiger partial charge on any atom is 0.254 e. The van der Waals surface area contributed by atoms with E-state index in [0.717, 1.165) is 34.3 Å². The van der Waals surface area contributed by atoms with Crippen molar-refractivity contribution in [3.8, 4) is 0 Å². The first-order valence-corrected chi connectivity index (χ1v) is 13.0. The molecule has 0 radical (unpaired) electrons. The molecule has 7 heteroatoms. The van der Waals surface area contributed by atoms with Gasteiger partial charge in [-0.05, 0) is 23.3 Å². The number of thioether (sulfide) groups is 1. The number of carbonyl (C=O) groups is 1. The summed E-state index contributed by atoms with van der Waals surface area (Å²) >= 11 is 1.60. The fraction of sp³-hybridized carbons (Fsp3) is 0.393. The molecule has 0 N–H and O–H groups in total. The van der Waals surface area contributed by atoms with Crippen LogP contribution in [0.5, 0.6) is 0 Å². The Bertz CT molecular complexity index is 1140. The predicted molar refractivity (Wildman–Crippen MR) is 142 cm³/mol. The topological polar surface area (TPSA) is 58.6 Å². The van der Waals surface area contributed by atoms with Crippen molar-refractivity contribution in [2.24, 2.45) is 0 Å². The number of ether oxygens (including phenoxy) is 1. The molecule has 1 saturated heterocycles. The second kappa shape index (κ2) is 11.2. The van der Waals surface area contributed by atoms with Crippen LogP contribution in [0.15, 0.2) is 65.8 Å². The van der Waals surface area contributed by atoms with E-state index in [9.17, 15) is 4.79 Å². The summed E-state index contributed by atoms with van der Waals surface area (Å²) in [4.78, 5) is 26.7. The van der Waals surface area contributed by atoms with Gasteiger partial charge in [0.1, 0.15) is 5.82 Å². The van der Waals surface area contributed by atoms with Crippen LogP contribution in [0, 0.1) is 0 Å². The number of carbonyl (C=O) groups excluding carboxylic acids is 1. The van der Waals surface area contributed by atoms with Crippen molar-refractivity contribution in [2.75, 3.05) is 38.3 Å². The third-order valence-corrected chi connectivity index (χ3v) is 6.87. The molecule has 1 aliphatic rings. The Morgan fingerprint density at radius 2 is 1.71 bits per heavy atom. The van der Waals surface area contributed by atoms with Gasteiger partial charge >= 0.3 is 0 Å². The molecule has 0 atom stereocenters.